The van der Waals surface area contributed by atoms with E-state index in [-0.39, 0.29) is 0 Å². The van der Waals surface area contributed by atoms with Crippen molar-refractivity contribution in [2.75, 3.05) is 26.3 Å². The van der Waals surface area contributed by atoms with E-state index in [2.05, 4.69) is 4.90 Å². The maximum atomic E-state index is 5.47. The Morgan fingerprint density at radius 3 is 3.10 bits per heavy atom. The van der Waals surface area contributed by atoms with Crippen molar-refractivity contribution in [1.82, 2.24) is 4.90 Å². The highest BCUT2D eigenvalue weighted by molar-refractivity contribution is 4.80. The second-order valence-corrected chi connectivity index (χ2v) is 3.26. The summed E-state index contributed by atoms with van der Waals surface area (Å²) in [5.74, 6) is 0. The minimum atomic E-state index is 0.766. The van der Waals surface area contributed by atoms with Gasteiger partial charge in [-0.3, -0.25) is 4.90 Å². The van der Waals surface area contributed by atoms with E-state index >= 15 is 0 Å². The van der Waals surface area contributed by atoms with Crippen molar-refractivity contribution in [3.63, 3.8) is 0 Å². The molecule has 0 N–H and O–H groups in total. The minimum Gasteiger partial charge on any atom is -0.380 e. The topological polar surface area (TPSA) is 12.5 Å². The molecule has 2 nitrogen and oxygen atoms in total. The van der Waals surface area contributed by atoms with E-state index in [4.69, 9.17) is 4.74 Å². The Kier molecular flexibility index (Phi) is 1.91. The summed E-state index contributed by atoms with van der Waals surface area (Å²) in [6, 6.07) is 0.766. The van der Waals surface area contributed by atoms with Crippen molar-refractivity contribution >= 4 is 0 Å². The number of rotatable bonds is 0. The molecule has 0 saturated carbocycles. The molecule has 2 fully saturated rings. The lowest BCUT2D eigenvalue weighted by Crippen LogP contribution is -2.31. The number of nitrogens with zero attached hydrogens (tertiary/aromatic N) is 1. The first-order chi connectivity index (χ1) is 4.97. The lowest BCUT2D eigenvalue weighted by molar-refractivity contribution is 0.116. The zero-order chi connectivity index (χ0) is 6.81. The van der Waals surface area contributed by atoms with Crippen LogP contribution in [0.2, 0.25) is 0 Å². The van der Waals surface area contributed by atoms with E-state index in [0.717, 1.165) is 19.3 Å². The summed E-state index contributed by atoms with van der Waals surface area (Å²) in [5, 5.41) is 0. The van der Waals surface area contributed by atoms with Crippen LogP contribution >= 0.6 is 0 Å². The van der Waals surface area contributed by atoms with Crippen LogP contribution in [0.4, 0.5) is 0 Å². The minimum absolute atomic E-state index is 0.766. The molecule has 1 unspecified atom stereocenters. The van der Waals surface area contributed by atoms with Crippen molar-refractivity contribution < 1.29 is 4.74 Å². The van der Waals surface area contributed by atoms with Gasteiger partial charge in [0.1, 0.15) is 0 Å². The average molecular weight is 141 g/mol. The molecule has 0 amide bonds. The first-order valence-corrected chi connectivity index (χ1v) is 4.28. The molecule has 0 aliphatic carbocycles. The molecular formula is C8H15NO. The zero-order valence-corrected chi connectivity index (χ0v) is 6.38. The van der Waals surface area contributed by atoms with Crippen LogP contribution in [-0.4, -0.2) is 37.2 Å². The van der Waals surface area contributed by atoms with Crippen molar-refractivity contribution in [2.45, 2.75) is 25.3 Å². The van der Waals surface area contributed by atoms with Crippen LogP contribution in [0.1, 0.15) is 19.3 Å². The summed E-state index contributed by atoms with van der Waals surface area (Å²) in [7, 11) is 0. The molecule has 10 heavy (non-hydrogen) atoms. The number of hydrogen-bond donors (Lipinski definition) is 0. The molecule has 0 radical (unpaired) electrons. The zero-order valence-electron chi connectivity index (χ0n) is 6.38. The lowest BCUT2D eigenvalue weighted by Gasteiger charge is -2.19. The van der Waals surface area contributed by atoms with Crippen LogP contribution in [0.25, 0.3) is 0 Å². The molecular weight excluding hydrogens is 126 g/mol. The fourth-order valence-electron chi connectivity index (χ4n) is 1.97. The van der Waals surface area contributed by atoms with Gasteiger partial charge in [-0.05, 0) is 25.8 Å². The van der Waals surface area contributed by atoms with Gasteiger partial charge in [0.05, 0.1) is 6.61 Å². The van der Waals surface area contributed by atoms with Gasteiger partial charge in [0.25, 0.3) is 0 Å². The van der Waals surface area contributed by atoms with Gasteiger partial charge in [-0.15, -0.1) is 0 Å². The second-order valence-electron chi connectivity index (χ2n) is 3.26. The summed E-state index contributed by atoms with van der Waals surface area (Å²) < 4.78 is 5.47. The molecule has 2 aliphatic rings. The Labute approximate surface area is 62.2 Å². The van der Waals surface area contributed by atoms with E-state index in [1.54, 1.807) is 0 Å². The van der Waals surface area contributed by atoms with Gasteiger partial charge in [-0.25, -0.2) is 0 Å². The SMILES string of the molecule is C1COCC2CCCN2C1. The monoisotopic (exact) mass is 141 g/mol. The third-order valence-electron chi connectivity index (χ3n) is 2.54. The van der Waals surface area contributed by atoms with Crippen LogP contribution in [0, 0.1) is 0 Å². The molecule has 0 bridgehead atoms. The third-order valence-corrected chi connectivity index (χ3v) is 2.54. The van der Waals surface area contributed by atoms with Gasteiger partial charge in [0.15, 0.2) is 0 Å². The predicted octanol–water partition coefficient (Wildman–Crippen LogP) is 0.871. The summed E-state index contributed by atoms with van der Waals surface area (Å²) in [5.41, 5.74) is 0. The number of fused-ring (bicyclic) bond motifs is 1. The van der Waals surface area contributed by atoms with E-state index in [9.17, 15) is 0 Å². The van der Waals surface area contributed by atoms with Crippen molar-refractivity contribution in [2.24, 2.45) is 0 Å². The molecule has 0 spiro atoms. The first kappa shape index (κ1) is 6.62. The molecule has 58 valence electrons. The van der Waals surface area contributed by atoms with Crippen LogP contribution in [0.3, 0.4) is 0 Å². The number of hydrogen-bond acceptors (Lipinski definition) is 2. The Bertz CT molecular complexity index is 104. The third kappa shape index (κ3) is 1.18. The van der Waals surface area contributed by atoms with Crippen LogP contribution in [0.5, 0.6) is 0 Å². The Hall–Kier alpha value is -0.0800. The molecule has 2 heteroatoms. The highest BCUT2D eigenvalue weighted by atomic mass is 16.5. The fraction of sp³-hybridized carbons (Fsp3) is 1.00. The Morgan fingerprint density at radius 2 is 2.10 bits per heavy atom. The predicted molar refractivity (Wildman–Crippen MR) is 40.0 cm³/mol. The largest absolute Gasteiger partial charge is 0.380 e. The molecule has 2 saturated heterocycles. The van der Waals surface area contributed by atoms with E-state index in [1.165, 1.54) is 32.4 Å². The van der Waals surface area contributed by atoms with Gasteiger partial charge < -0.3 is 4.74 Å². The van der Waals surface area contributed by atoms with Crippen LogP contribution in [-0.2, 0) is 4.74 Å². The Morgan fingerprint density at radius 1 is 1.20 bits per heavy atom. The van der Waals surface area contributed by atoms with E-state index < -0.39 is 0 Å². The van der Waals surface area contributed by atoms with Gasteiger partial charge >= 0.3 is 0 Å². The maximum Gasteiger partial charge on any atom is 0.0621 e. The smallest absolute Gasteiger partial charge is 0.0621 e. The number of ether oxygens (including phenoxy) is 1. The molecule has 1 atom stereocenters. The second kappa shape index (κ2) is 2.89. The van der Waals surface area contributed by atoms with Gasteiger partial charge in [-0.2, -0.15) is 0 Å². The van der Waals surface area contributed by atoms with E-state index in [0.29, 0.717) is 0 Å². The molecule has 2 heterocycles. The van der Waals surface area contributed by atoms with Crippen molar-refractivity contribution in [3.05, 3.63) is 0 Å². The molecule has 2 aliphatic heterocycles. The Balaban J connectivity index is 1.95. The lowest BCUT2D eigenvalue weighted by atomic mass is 10.2. The van der Waals surface area contributed by atoms with Gasteiger partial charge in [0.2, 0.25) is 0 Å². The summed E-state index contributed by atoms with van der Waals surface area (Å²) >= 11 is 0. The molecule has 0 aromatic carbocycles. The van der Waals surface area contributed by atoms with E-state index in [1.807, 2.05) is 0 Å². The molecule has 0 aromatic rings. The summed E-state index contributed by atoms with van der Waals surface area (Å²) in [4.78, 5) is 2.58. The summed E-state index contributed by atoms with van der Waals surface area (Å²) in [6.45, 7) is 4.55. The van der Waals surface area contributed by atoms with Crippen LogP contribution in [0.15, 0.2) is 0 Å². The quantitative estimate of drug-likeness (QED) is 0.496. The summed E-state index contributed by atoms with van der Waals surface area (Å²) in [6.07, 6.45) is 3.98. The molecule has 2 rings (SSSR count). The highest BCUT2D eigenvalue weighted by Gasteiger charge is 2.25. The van der Waals surface area contributed by atoms with Crippen molar-refractivity contribution in [1.29, 1.82) is 0 Å². The van der Waals surface area contributed by atoms with Gasteiger partial charge in [0, 0.05) is 19.2 Å². The standard InChI is InChI=1S/C8H15NO/c1-3-8-7-10-6-2-5-9(8)4-1/h8H,1-7H2. The van der Waals surface area contributed by atoms with Crippen molar-refractivity contribution in [3.8, 4) is 0 Å². The normalized spacial score (nSPS) is 35.4. The maximum absolute atomic E-state index is 5.47. The fourth-order valence-corrected chi connectivity index (χ4v) is 1.97. The first-order valence-electron chi connectivity index (χ1n) is 4.28. The van der Waals surface area contributed by atoms with Crippen LogP contribution < -0.4 is 0 Å². The van der Waals surface area contributed by atoms with Gasteiger partial charge in [-0.1, -0.05) is 0 Å². The molecule has 0 aromatic heterocycles. The highest BCUT2D eigenvalue weighted by Crippen LogP contribution is 2.19. The average Bonchev–Trinajstić information content (AvgIpc) is 2.28.